The SMILES string of the molecule is CCOc1cc(C=C2SC(=Nc3cccc(C(=O)O)c3)N(CC)C2=O)ccc1OCc1ccccc1F. The van der Waals surface area contributed by atoms with E-state index in [0.717, 1.165) is 5.56 Å². The highest BCUT2D eigenvalue weighted by molar-refractivity contribution is 8.18. The Balaban J connectivity index is 1.58. The van der Waals surface area contributed by atoms with Gasteiger partial charge in [0.1, 0.15) is 12.4 Å². The zero-order chi connectivity index (χ0) is 26.4. The summed E-state index contributed by atoms with van der Waals surface area (Å²) in [5, 5.41) is 9.71. The van der Waals surface area contributed by atoms with Gasteiger partial charge in [-0.25, -0.2) is 14.2 Å². The molecule has 0 bridgehead atoms. The number of ether oxygens (including phenoxy) is 2. The van der Waals surface area contributed by atoms with Crippen molar-refractivity contribution < 1.29 is 28.6 Å². The maximum Gasteiger partial charge on any atom is 0.335 e. The summed E-state index contributed by atoms with van der Waals surface area (Å²) in [6, 6.07) is 18.0. The summed E-state index contributed by atoms with van der Waals surface area (Å²) < 4.78 is 25.5. The fourth-order valence-electron chi connectivity index (χ4n) is 3.61. The van der Waals surface area contributed by atoms with Crippen LogP contribution in [0.4, 0.5) is 10.1 Å². The van der Waals surface area contributed by atoms with Crippen LogP contribution in [0.2, 0.25) is 0 Å². The number of nitrogens with zero attached hydrogens (tertiary/aromatic N) is 2. The molecule has 0 aliphatic carbocycles. The lowest BCUT2D eigenvalue weighted by Crippen LogP contribution is -2.28. The van der Waals surface area contributed by atoms with E-state index in [2.05, 4.69) is 4.99 Å². The van der Waals surface area contributed by atoms with Crippen molar-refractivity contribution in [2.24, 2.45) is 4.99 Å². The van der Waals surface area contributed by atoms with Crippen molar-refractivity contribution >= 4 is 40.6 Å². The fraction of sp³-hybridized carbons (Fsp3) is 0.179. The molecule has 0 aromatic heterocycles. The minimum Gasteiger partial charge on any atom is -0.490 e. The maximum atomic E-state index is 14.0. The summed E-state index contributed by atoms with van der Waals surface area (Å²) >= 11 is 1.21. The number of rotatable bonds is 9. The fourth-order valence-corrected chi connectivity index (χ4v) is 4.68. The molecule has 0 spiro atoms. The van der Waals surface area contributed by atoms with Crippen LogP contribution in [-0.4, -0.2) is 40.2 Å². The Morgan fingerprint density at radius 2 is 1.86 bits per heavy atom. The average Bonchev–Trinajstić information content (AvgIpc) is 3.18. The number of aromatic carboxylic acids is 1. The Morgan fingerprint density at radius 1 is 1.05 bits per heavy atom. The third-order valence-electron chi connectivity index (χ3n) is 5.43. The molecule has 0 unspecified atom stereocenters. The van der Waals surface area contributed by atoms with Gasteiger partial charge in [-0.15, -0.1) is 0 Å². The van der Waals surface area contributed by atoms with Gasteiger partial charge >= 0.3 is 5.97 Å². The molecule has 0 radical (unpaired) electrons. The van der Waals surface area contributed by atoms with Crippen molar-refractivity contribution in [1.82, 2.24) is 4.90 Å². The third kappa shape index (κ3) is 6.18. The predicted molar refractivity (Wildman–Crippen MR) is 142 cm³/mol. The normalized spacial score (nSPS) is 15.4. The number of hydrogen-bond donors (Lipinski definition) is 1. The first-order valence-corrected chi connectivity index (χ1v) is 12.5. The van der Waals surface area contributed by atoms with Gasteiger partial charge < -0.3 is 14.6 Å². The molecule has 7 nitrogen and oxygen atoms in total. The van der Waals surface area contributed by atoms with Crippen molar-refractivity contribution in [3.63, 3.8) is 0 Å². The van der Waals surface area contributed by atoms with E-state index in [1.807, 2.05) is 13.8 Å². The zero-order valence-electron chi connectivity index (χ0n) is 20.3. The highest BCUT2D eigenvalue weighted by Crippen LogP contribution is 2.36. The van der Waals surface area contributed by atoms with Gasteiger partial charge in [-0.3, -0.25) is 9.69 Å². The van der Waals surface area contributed by atoms with E-state index in [1.165, 1.54) is 30.0 Å². The summed E-state index contributed by atoms with van der Waals surface area (Å²) in [7, 11) is 0. The van der Waals surface area contributed by atoms with Crippen molar-refractivity contribution in [2.75, 3.05) is 13.2 Å². The molecule has 37 heavy (non-hydrogen) atoms. The molecule has 1 fully saturated rings. The van der Waals surface area contributed by atoms with E-state index in [9.17, 15) is 19.1 Å². The molecule has 0 saturated carbocycles. The number of thioether (sulfide) groups is 1. The molecule has 9 heteroatoms. The first-order chi connectivity index (χ1) is 17.9. The van der Waals surface area contributed by atoms with E-state index in [-0.39, 0.29) is 23.9 Å². The number of aliphatic imine (C=N–C) groups is 1. The van der Waals surface area contributed by atoms with Gasteiger partial charge in [-0.05, 0) is 73.6 Å². The molecule has 0 atom stereocenters. The van der Waals surface area contributed by atoms with E-state index in [0.29, 0.717) is 46.0 Å². The molecular weight excluding hydrogens is 495 g/mol. The van der Waals surface area contributed by atoms with Crippen LogP contribution in [0.1, 0.15) is 35.3 Å². The number of carboxylic acids is 1. The van der Waals surface area contributed by atoms with E-state index in [1.54, 1.807) is 59.5 Å². The quantitative estimate of drug-likeness (QED) is 0.342. The first kappa shape index (κ1) is 26.0. The molecule has 1 heterocycles. The Hall–Kier alpha value is -4.11. The predicted octanol–water partition coefficient (Wildman–Crippen LogP) is 6.13. The van der Waals surface area contributed by atoms with E-state index in [4.69, 9.17) is 9.47 Å². The Labute approximate surface area is 218 Å². The van der Waals surface area contributed by atoms with Crippen LogP contribution in [0, 0.1) is 5.82 Å². The van der Waals surface area contributed by atoms with Gasteiger partial charge in [0.15, 0.2) is 16.7 Å². The van der Waals surface area contributed by atoms with Crippen LogP contribution in [0.25, 0.3) is 6.08 Å². The van der Waals surface area contributed by atoms with Gasteiger partial charge in [0, 0.05) is 12.1 Å². The smallest absolute Gasteiger partial charge is 0.335 e. The lowest BCUT2D eigenvalue weighted by Gasteiger charge is -2.13. The summed E-state index contributed by atoms with van der Waals surface area (Å²) in [5.41, 5.74) is 1.73. The van der Waals surface area contributed by atoms with Gasteiger partial charge in [-0.1, -0.05) is 30.3 Å². The number of carbonyl (C=O) groups is 2. The number of halogens is 1. The number of amides is 1. The van der Waals surface area contributed by atoms with Gasteiger partial charge in [0.2, 0.25) is 0 Å². The number of benzene rings is 3. The molecule has 3 aromatic carbocycles. The highest BCUT2D eigenvalue weighted by Gasteiger charge is 2.32. The zero-order valence-corrected chi connectivity index (χ0v) is 21.1. The Bertz CT molecular complexity index is 1390. The molecule has 1 aliphatic heterocycles. The van der Waals surface area contributed by atoms with Gasteiger partial charge in [0.25, 0.3) is 5.91 Å². The second-order valence-electron chi connectivity index (χ2n) is 7.93. The third-order valence-corrected chi connectivity index (χ3v) is 6.44. The van der Waals surface area contributed by atoms with Crippen molar-refractivity contribution in [3.8, 4) is 11.5 Å². The summed E-state index contributed by atoms with van der Waals surface area (Å²) in [4.78, 5) is 30.9. The second-order valence-corrected chi connectivity index (χ2v) is 8.94. The van der Waals surface area contributed by atoms with Gasteiger partial charge in [0.05, 0.1) is 22.8 Å². The van der Waals surface area contributed by atoms with Crippen LogP contribution >= 0.6 is 11.8 Å². The summed E-state index contributed by atoms with van der Waals surface area (Å²) in [5.74, 6) is -0.634. The average molecular weight is 521 g/mol. The molecule has 190 valence electrons. The summed E-state index contributed by atoms with van der Waals surface area (Å²) in [6.07, 6.45) is 1.75. The molecule has 1 saturated heterocycles. The maximum absolute atomic E-state index is 14.0. The Morgan fingerprint density at radius 3 is 2.59 bits per heavy atom. The molecule has 1 aliphatic rings. The van der Waals surface area contributed by atoms with E-state index >= 15 is 0 Å². The molecular formula is C28H25FN2O5S. The number of amidine groups is 1. The monoisotopic (exact) mass is 520 g/mol. The molecule has 3 aromatic rings. The number of likely N-dealkylation sites (N-methyl/N-ethyl adjacent to an activating group) is 1. The largest absolute Gasteiger partial charge is 0.490 e. The van der Waals surface area contributed by atoms with Crippen LogP contribution < -0.4 is 9.47 Å². The van der Waals surface area contributed by atoms with Crippen molar-refractivity contribution in [1.29, 1.82) is 0 Å². The lowest BCUT2D eigenvalue weighted by molar-refractivity contribution is -0.122. The molecule has 1 N–H and O–H groups in total. The van der Waals surface area contributed by atoms with Crippen LogP contribution in [0.15, 0.2) is 76.6 Å². The van der Waals surface area contributed by atoms with Crippen LogP contribution in [0.5, 0.6) is 11.5 Å². The first-order valence-electron chi connectivity index (χ1n) is 11.7. The minimum absolute atomic E-state index is 0.0515. The number of hydrogen-bond acceptors (Lipinski definition) is 6. The Kier molecular flexibility index (Phi) is 8.25. The topological polar surface area (TPSA) is 88.4 Å². The molecule has 4 rings (SSSR count). The number of carbonyl (C=O) groups excluding carboxylic acids is 1. The molecule has 1 amide bonds. The van der Waals surface area contributed by atoms with Crippen molar-refractivity contribution in [3.05, 3.63) is 94.1 Å². The second kappa shape index (κ2) is 11.7. The minimum atomic E-state index is -1.04. The lowest BCUT2D eigenvalue weighted by atomic mass is 10.1. The van der Waals surface area contributed by atoms with Gasteiger partial charge in [-0.2, -0.15) is 0 Å². The highest BCUT2D eigenvalue weighted by atomic mass is 32.2. The van der Waals surface area contributed by atoms with Crippen LogP contribution in [0.3, 0.4) is 0 Å². The van der Waals surface area contributed by atoms with Crippen LogP contribution in [-0.2, 0) is 11.4 Å². The standard InChI is InChI=1S/C28H25FN2O5S/c1-3-31-26(32)25(37-28(31)30-21-10-7-9-19(16-21)27(33)34)15-18-12-13-23(24(14-18)35-4-2)36-17-20-8-5-6-11-22(20)29/h5-16H,3-4,17H2,1-2H3,(H,33,34). The summed E-state index contributed by atoms with van der Waals surface area (Å²) in [6.45, 7) is 4.56. The van der Waals surface area contributed by atoms with E-state index < -0.39 is 5.97 Å². The number of carboxylic acid groups (broad SMARTS) is 1. The van der Waals surface area contributed by atoms with Crippen molar-refractivity contribution in [2.45, 2.75) is 20.5 Å².